The molecule has 0 fully saturated rings. The van der Waals surface area contributed by atoms with Crippen molar-refractivity contribution in [3.8, 4) is 0 Å². The molecule has 0 saturated carbocycles. The van der Waals surface area contributed by atoms with Crippen molar-refractivity contribution >= 4 is 17.8 Å². The van der Waals surface area contributed by atoms with E-state index in [0.29, 0.717) is 5.56 Å². The molecule has 0 aliphatic heterocycles. The predicted octanol–water partition coefficient (Wildman–Crippen LogP) is 3.20. The van der Waals surface area contributed by atoms with Crippen LogP contribution in [-0.2, 0) is 0 Å². The van der Waals surface area contributed by atoms with Gasteiger partial charge in [0.25, 0.3) is 0 Å². The third-order valence-electron chi connectivity index (χ3n) is 2.32. The van der Waals surface area contributed by atoms with E-state index in [1.807, 2.05) is 0 Å². The maximum Gasteiger partial charge on any atom is 0.338 e. The zero-order valence-corrected chi connectivity index (χ0v) is 9.46. The van der Waals surface area contributed by atoms with Gasteiger partial charge in [-0.1, -0.05) is 23.4 Å². The Hall–Kier alpha value is -2.50. The maximum absolute atomic E-state index is 12.9. The third kappa shape index (κ3) is 2.42. The highest BCUT2D eigenvalue weighted by Crippen LogP contribution is 2.24. The van der Waals surface area contributed by atoms with Gasteiger partial charge in [-0.15, -0.1) is 0 Å². The van der Waals surface area contributed by atoms with E-state index in [-0.39, 0.29) is 23.0 Å². The first-order valence-corrected chi connectivity index (χ1v) is 5.12. The summed E-state index contributed by atoms with van der Waals surface area (Å²) < 4.78 is 17.7. The first-order chi connectivity index (χ1) is 8.58. The Morgan fingerprint density at radius 1 is 1.44 bits per heavy atom. The third-order valence-corrected chi connectivity index (χ3v) is 2.32. The lowest BCUT2D eigenvalue weighted by atomic mass is 10.2. The monoisotopic (exact) mass is 248 g/mol. The summed E-state index contributed by atoms with van der Waals surface area (Å²) in [5.74, 6) is -0.234. The molecule has 2 rings (SSSR count). The minimum atomic E-state index is -0.558. The lowest BCUT2D eigenvalue weighted by Crippen LogP contribution is -1.90. The van der Waals surface area contributed by atoms with E-state index in [1.165, 1.54) is 31.2 Å². The Balaban J connectivity index is 2.32. The largest absolute Gasteiger partial charge is 0.354 e. The lowest BCUT2D eigenvalue weighted by molar-refractivity contribution is -0.386. The molecule has 6 heteroatoms. The second-order valence-electron chi connectivity index (χ2n) is 3.62. The Labute approximate surface area is 102 Å². The normalized spacial score (nSPS) is 11.0. The SMILES string of the molecule is Cc1onc(C=Cc2cccc(F)c2)c1[N+](=O)[O-]. The van der Waals surface area contributed by atoms with E-state index in [0.717, 1.165) is 0 Å². The second-order valence-corrected chi connectivity index (χ2v) is 3.62. The Morgan fingerprint density at radius 2 is 2.22 bits per heavy atom. The topological polar surface area (TPSA) is 69.2 Å². The van der Waals surface area contributed by atoms with Crippen molar-refractivity contribution in [3.05, 3.63) is 57.2 Å². The van der Waals surface area contributed by atoms with Gasteiger partial charge in [-0.05, 0) is 23.8 Å². The van der Waals surface area contributed by atoms with E-state index in [2.05, 4.69) is 5.16 Å². The highest BCUT2D eigenvalue weighted by atomic mass is 19.1. The van der Waals surface area contributed by atoms with Gasteiger partial charge in [0.2, 0.25) is 5.76 Å². The predicted molar refractivity (Wildman–Crippen MR) is 63.2 cm³/mol. The highest BCUT2D eigenvalue weighted by molar-refractivity contribution is 5.72. The van der Waals surface area contributed by atoms with Crippen molar-refractivity contribution in [1.82, 2.24) is 5.16 Å². The van der Waals surface area contributed by atoms with Crippen LogP contribution in [-0.4, -0.2) is 10.1 Å². The average molecular weight is 248 g/mol. The van der Waals surface area contributed by atoms with Gasteiger partial charge in [-0.3, -0.25) is 10.1 Å². The average Bonchev–Trinajstić information content (AvgIpc) is 2.68. The van der Waals surface area contributed by atoms with Crippen LogP contribution in [0.25, 0.3) is 12.2 Å². The van der Waals surface area contributed by atoms with Crippen LogP contribution in [0.4, 0.5) is 10.1 Å². The van der Waals surface area contributed by atoms with Crippen molar-refractivity contribution in [1.29, 1.82) is 0 Å². The van der Waals surface area contributed by atoms with Crippen molar-refractivity contribution < 1.29 is 13.8 Å². The number of nitrogens with zero attached hydrogens (tertiary/aromatic N) is 2. The zero-order valence-electron chi connectivity index (χ0n) is 9.46. The molecule has 0 saturated heterocycles. The molecule has 0 atom stereocenters. The fourth-order valence-electron chi connectivity index (χ4n) is 1.50. The molecule has 0 N–H and O–H groups in total. The van der Waals surface area contributed by atoms with E-state index >= 15 is 0 Å². The molecule has 0 amide bonds. The molecule has 18 heavy (non-hydrogen) atoms. The Bertz CT molecular complexity index is 620. The number of hydrogen-bond acceptors (Lipinski definition) is 4. The molecule has 0 aliphatic carbocycles. The van der Waals surface area contributed by atoms with E-state index in [4.69, 9.17) is 4.52 Å². The number of rotatable bonds is 3. The Kier molecular flexibility index (Phi) is 3.18. The molecule has 0 unspecified atom stereocenters. The Morgan fingerprint density at radius 3 is 2.89 bits per heavy atom. The molecular weight excluding hydrogens is 239 g/mol. The first-order valence-electron chi connectivity index (χ1n) is 5.12. The molecule has 5 nitrogen and oxygen atoms in total. The van der Waals surface area contributed by atoms with Gasteiger partial charge in [0.15, 0.2) is 5.69 Å². The molecule has 1 heterocycles. The van der Waals surface area contributed by atoms with Gasteiger partial charge >= 0.3 is 5.69 Å². The smallest absolute Gasteiger partial charge is 0.338 e. The van der Waals surface area contributed by atoms with Crippen LogP contribution < -0.4 is 0 Å². The summed E-state index contributed by atoms with van der Waals surface area (Å²) in [6.45, 7) is 1.46. The van der Waals surface area contributed by atoms with Gasteiger partial charge < -0.3 is 4.52 Å². The highest BCUT2D eigenvalue weighted by Gasteiger charge is 2.21. The molecule has 0 spiro atoms. The van der Waals surface area contributed by atoms with Crippen molar-refractivity contribution in [2.45, 2.75) is 6.92 Å². The van der Waals surface area contributed by atoms with Crippen LogP contribution in [0.15, 0.2) is 28.8 Å². The number of aromatic nitrogens is 1. The molecule has 2 aromatic rings. The van der Waals surface area contributed by atoms with Gasteiger partial charge in [-0.2, -0.15) is 0 Å². The van der Waals surface area contributed by atoms with E-state index < -0.39 is 4.92 Å². The summed E-state index contributed by atoms with van der Waals surface area (Å²) in [6.07, 6.45) is 2.96. The summed E-state index contributed by atoms with van der Waals surface area (Å²) in [7, 11) is 0. The molecule has 92 valence electrons. The summed E-state index contributed by atoms with van der Waals surface area (Å²) in [5, 5.41) is 14.4. The summed E-state index contributed by atoms with van der Waals surface area (Å²) in [5.41, 5.74) is 0.523. The van der Waals surface area contributed by atoms with Gasteiger partial charge in [0, 0.05) is 6.92 Å². The summed E-state index contributed by atoms with van der Waals surface area (Å²) in [6, 6.07) is 5.87. The zero-order chi connectivity index (χ0) is 13.1. The minimum Gasteiger partial charge on any atom is -0.354 e. The number of benzene rings is 1. The molecule has 1 aromatic heterocycles. The number of nitro groups is 1. The van der Waals surface area contributed by atoms with Crippen LogP contribution in [0, 0.1) is 22.9 Å². The van der Waals surface area contributed by atoms with Crippen LogP contribution in [0.2, 0.25) is 0 Å². The second kappa shape index (κ2) is 4.79. The maximum atomic E-state index is 12.9. The molecule has 0 bridgehead atoms. The summed E-state index contributed by atoms with van der Waals surface area (Å²) >= 11 is 0. The van der Waals surface area contributed by atoms with Gasteiger partial charge in [0.1, 0.15) is 5.82 Å². The van der Waals surface area contributed by atoms with Crippen molar-refractivity contribution in [3.63, 3.8) is 0 Å². The van der Waals surface area contributed by atoms with Gasteiger partial charge in [-0.25, -0.2) is 4.39 Å². The standard InChI is InChI=1S/C12H9FN2O3/c1-8-12(15(16)17)11(14-18-8)6-5-9-3-2-4-10(13)7-9/h2-7H,1H3. The quantitative estimate of drug-likeness (QED) is 0.617. The van der Waals surface area contributed by atoms with Crippen LogP contribution in [0.5, 0.6) is 0 Å². The molecule has 1 aromatic carbocycles. The first kappa shape index (κ1) is 12.0. The molecule has 0 aliphatic rings. The summed E-state index contributed by atoms with van der Waals surface area (Å²) in [4.78, 5) is 10.2. The van der Waals surface area contributed by atoms with E-state index in [1.54, 1.807) is 12.1 Å². The number of hydrogen-bond donors (Lipinski definition) is 0. The van der Waals surface area contributed by atoms with Gasteiger partial charge in [0.05, 0.1) is 4.92 Å². The number of halogens is 1. The fraction of sp³-hybridized carbons (Fsp3) is 0.0833. The van der Waals surface area contributed by atoms with E-state index in [9.17, 15) is 14.5 Å². The number of aryl methyl sites for hydroxylation is 1. The minimum absolute atomic E-state index is 0.113. The van der Waals surface area contributed by atoms with Crippen molar-refractivity contribution in [2.24, 2.45) is 0 Å². The van der Waals surface area contributed by atoms with Crippen LogP contribution in [0.3, 0.4) is 0 Å². The van der Waals surface area contributed by atoms with Crippen LogP contribution >= 0.6 is 0 Å². The van der Waals surface area contributed by atoms with Crippen molar-refractivity contribution in [2.75, 3.05) is 0 Å². The lowest BCUT2D eigenvalue weighted by Gasteiger charge is -1.92. The fourth-order valence-corrected chi connectivity index (χ4v) is 1.50. The molecule has 0 radical (unpaired) electrons. The molecular formula is C12H9FN2O3. The van der Waals surface area contributed by atoms with Crippen LogP contribution in [0.1, 0.15) is 17.0 Å².